The minimum Gasteiger partial charge on any atom is -0.389 e. The van der Waals surface area contributed by atoms with Crippen molar-refractivity contribution < 1.29 is 24.2 Å². The van der Waals surface area contributed by atoms with Gasteiger partial charge in [0.2, 0.25) is 11.8 Å². The quantitative estimate of drug-likeness (QED) is 0.719. The summed E-state index contributed by atoms with van der Waals surface area (Å²) < 4.78 is 11.6. The van der Waals surface area contributed by atoms with E-state index in [1.807, 2.05) is 30.3 Å². The van der Waals surface area contributed by atoms with E-state index >= 15 is 0 Å². The maximum absolute atomic E-state index is 11.5. The SMILES string of the molecule is CC(=O)N[C@@H]1[C@@H](OCc2ccccc2)O[C@@H](C)[C@@H](NC(C)=O)[C@H]1O. The van der Waals surface area contributed by atoms with Crippen LogP contribution in [0.1, 0.15) is 26.3 Å². The molecule has 3 N–H and O–H groups in total. The van der Waals surface area contributed by atoms with E-state index in [0.717, 1.165) is 5.56 Å². The van der Waals surface area contributed by atoms with E-state index in [4.69, 9.17) is 9.47 Å². The highest BCUT2D eigenvalue weighted by Gasteiger charge is 2.44. The van der Waals surface area contributed by atoms with Crippen LogP contribution in [0.3, 0.4) is 0 Å². The Morgan fingerprint density at radius 1 is 1.12 bits per heavy atom. The van der Waals surface area contributed by atoms with Crippen molar-refractivity contribution in [3.63, 3.8) is 0 Å². The van der Waals surface area contributed by atoms with E-state index in [-0.39, 0.29) is 18.4 Å². The monoisotopic (exact) mass is 336 g/mol. The van der Waals surface area contributed by atoms with Crippen LogP contribution in [0.15, 0.2) is 30.3 Å². The molecule has 2 amide bonds. The van der Waals surface area contributed by atoms with Crippen LogP contribution in [0.2, 0.25) is 0 Å². The number of hydrogen-bond donors (Lipinski definition) is 3. The Kier molecular flexibility index (Phi) is 6.30. The van der Waals surface area contributed by atoms with E-state index in [0.29, 0.717) is 0 Å². The van der Waals surface area contributed by atoms with E-state index in [1.54, 1.807) is 6.92 Å². The number of carbonyl (C=O) groups is 2. The number of rotatable bonds is 5. The standard InChI is InChI=1S/C17H24N2O5/c1-10-14(18-11(2)20)16(22)15(19-12(3)21)17(24-10)23-9-13-7-5-4-6-8-13/h4-8,10,14-17,22H,9H2,1-3H3,(H,18,20)(H,19,21)/t10-,14+,15-,16+,17-/m0/s1. The molecular formula is C17H24N2O5. The van der Waals surface area contributed by atoms with Gasteiger partial charge >= 0.3 is 0 Å². The van der Waals surface area contributed by atoms with Crippen LogP contribution in [-0.4, -0.2) is 47.5 Å². The fourth-order valence-electron chi connectivity index (χ4n) is 2.76. The molecular weight excluding hydrogens is 312 g/mol. The zero-order chi connectivity index (χ0) is 17.7. The van der Waals surface area contributed by atoms with Gasteiger partial charge in [-0.3, -0.25) is 9.59 Å². The molecule has 5 atom stereocenters. The molecule has 0 unspecified atom stereocenters. The molecule has 1 saturated heterocycles. The number of nitrogens with one attached hydrogen (secondary N) is 2. The zero-order valence-electron chi connectivity index (χ0n) is 14.1. The Morgan fingerprint density at radius 2 is 1.71 bits per heavy atom. The lowest BCUT2D eigenvalue weighted by atomic mass is 9.94. The molecule has 1 aliphatic rings. The van der Waals surface area contributed by atoms with Gasteiger partial charge in [-0.15, -0.1) is 0 Å². The summed E-state index contributed by atoms with van der Waals surface area (Å²) in [6.07, 6.45) is -2.30. The van der Waals surface area contributed by atoms with Crippen LogP contribution in [-0.2, 0) is 25.7 Å². The lowest BCUT2D eigenvalue weighted by Gasteiger charge is -2.43. The number of ether oxygens (including phenoxy) is 2. The molecule has 132 valence electrons. The second-order valence-electron chi connectivity index (χ2n) is 5.95. The van der Waals surface area contributed by atoms with E-state index < -0.39 is 30.6 Å². The number of amides is 2. The summed E-state index contributed by atoms with van der Waals surface area (Å²) in [6, 6.07) is 8.12. The van der Waals surface area contributed by atoms with E-state index in [1.165, 1.54) is 13.8 Å². The molecule has 1 aromatic rings. The summed E-state index contributed by atoms with van der Waals surface area (Å²) in [4.78, 5) is 22.8. The molecule has 0 saturated carbocycles. The third-order valence-electron chi connectivity index (χ3n) is 3.88. The summed E-state index contributed by atoms with van der Waals surface area (Å²) in [5.41, 5.74) is 0.953. The van der Waals surface area contributed by atoms with Crippen LogP contribution in [0.25, 0.3) is 0 Å². The molecule has 0 radical (unpaired) electrons. The summed E-state index contributed by atoms with van der Waals surface area (Å²) in [5, 5.41) is 15.9. The third kappa shape index (κ3) is 4.77. The first-order valence-electron chi connectivity index (χ1n) is 7.91. The summed E-state index contributed by atoms with van der Waals surface area (Å²) >= 11 is 0. The van der Waals surface area contributed by atoms with Crippen LogP contribution < -0.4 is 10.6 Å². The van der Waals surface area contributed by atoms with Crippen molar-refractivity contribution in [1.29, 1.82) is 0 Å². The molecule has 1 heterocycles. The average molecular weight is 336 g/mol. The largest absolute Gasteiger partial charge is 0.389 e. The Hall–Kier alpha value is -1.96. The summed E-state index contributed by atoms with van der Waals surface area (Å²) in [5.74, 6) is -0.591. The number of aliphatic hydroxyl groups excluding tert-OH is 1. The molecule has 1 aromatic carbocycles. The Labute approximate surface area is 141 Å². The van der Waals surface area contributed by atoms with Crippen molar-refractivity contribution in [2.24, 2.45) is 0 Å². The summed E-state index contributed by atoms with van der Waals surface area (Å²) in [7, 11) is 0. The predicted molar refractivity (Wildman–Crippen MR) is 86.8 cm³/mol. The smallest absolute Gasteiger partial charge is 0.217 e. The fraction of sp³-hybridized carbons (Fsp3) is 0.529. The molecule has 0 aromatic heterocycles. The lowest BCUT2D eigenvalue weighted by Crippen LogP contribution is -2.67. The predicted octanol–water partition coefficient (Wildman–Crippen LogP) is 0.318. The maximum atomic E-state index is 11.5. The van der Waals surface area contributed by atoms with Crippen molar-refractivity contribution in [3.8, 4) is 0 Å². The van der Waals surface area contributed by atoms with Crippen molar-refractivity contribution in [1.82, 2.24) is 10.6 Å². The molecule has 7 heteroatoms. The van der Waals surface area contributed by atoms with Gasteiger partial charge in [0.05, 0.1) is 18.8 Å². The molecule has 1 aliphatic heterocycles. The first-order chi connectivity index (χ1) is 11.4. The van der Waals surface area contributed by atoms with Gasteiger partial charge in [0, 0.05) is 13.8 Å². The second-order valence-corrected chi connectivity index (χ2v) is 5.95. The van der Waals surface area contributed by atoms with Crippen molar-refractivity contribution in [2.75, 3.05) is 0 Å². The van der Waals surface area contributed by atoms with Gasteiger partial charge in [-0.05, 0) is 12.5 Å². The van der Waals surface area contributed by atoms with Gasteiger partial charge < -0.3 is 25.2 Å². The van der Waals surface area contributed by atoms with Gasteiger partial charge in [-0.2, -0.15) is 0 Å². The molecule has 0 aliphatic carbocycles. The third-order valence-corrected chi connectivity index (χ3v) is 3.88. The first kappa shape index (κ1) is 18.4. The van der Waals surface area contributed by atoms with Gasteiger partial charge in [-0.25, -0.2) is 0 Å². The lowest BCUT2D eigenvalue weighted by molar-refractivity contribution is -0.241. The highest BCUT2D eigenvalue weighted by atomic mass is 16.7. The Balaban J connectivity index is 2.10. The highest BCUT2D eigenvalue weighted by molar-refractivity contribution is 5.74. The van der Waals surface area contributed by atoms with Gasteiger partial charge in [0.15, 0.2) is 6.29 Å². The fourth-order valence-corrected chi connectivity index (χ4v) is 2.76. The molecule has 7 nitrogen and oxygen atoms in total. The van der Waals surface area contributed by atoms with E-state index in [2.05, 4.69) is 10.6 Å². The van der Waals surface area contributed by atoms with E-state index in [9.17, 15) is 14.7 Å². The van der Waals surface area contributed by atoms with Gasteiger partial charge in [0.25, 0.3) is 0 Å². The molecule has 0 bridgehead atoms. The van der Waals surface area contributed by atoms with Crippen molar-refractivity contribution in [2.45, 2.75) is 58.0 Å². The molecule has 24 heavy (non-hydrogen) atoms. The number of hydrogen-bond acceptors (Lipinski definition) is 5. The van der Waals surface area contributed by atoms with Crippen LogP contribution >= 0.6 is 0 Å². The number of benzene rings is 1. The highest BCUT2D eigenvalue weighted by Crippen LogP contribution is 2.23. The topological polar surface area (TPSA) is 96.9 Å². The van der Waals surface area contributed by atoms with Gasteiger partial charge in [-0.1, -0.05) is 30.3 Å². The first-order valence-corrected chi connectivity index (χ1v) is 7.91. The second kappa shape index (κ2) is 8.23. The van der Waals surface area contributed by atoms with Crippen molar-refractivity contribution >= 4 is 11.8 Å². The number of carbonyl (C=O) groups excluding carboxylic acids is 2. The molecule has 1 fully saturated rings. The molecule has 0 spiro atoms. The maximum Gasteiger partial charge on any atom is 0.217 e. The van der Waals surface area contributed by atoms with Gasteiger partial charge in [0.1, 0.15) is 12.1 Å². The zero-order valence-corrected chi connectivity index (χ0v) is 14.1. The minimum atomic E-state index is -1.03. The van der Waals surface area contributed by atoms with Crippen LogP contribution in [0.4, 0.5) is 0 Å². The normalized spacial score (nSPS) is 29.8. The van der Waals surface area contributed by atoms with Crippen LogP contribution in [0, 0.1) is 0 Å². The Bertz CT molecular complexity index is 565. The minimum absolute atomic E-state index is 0.278. The van der Waals surface area contributed by atoms with Crippen LogP contribution in [0.5, 0.6) is 0 Å². The average Bonchev–Trinajstić information content (AvgIpc) is 2.53. The van der Waals surface area contributed by atoms with Crippen molar-refractivity contribution in [3.05, 3.63) is 35.9 Å². The molecule has 2 rings (SSSR count). The number of aliphatic hydroxyl groups is 1. The Morgan fingerprint density at radius 3 is 2.29 bits per heavy atom. The summed E-state index contributed by atoms with van der Waals surface area (Å²) in [6.45, 7) is 4.75.